The third-order valence-electron chi connectivity index (χ3n) is 5.45. The largest absolute Gasteiger partial charge is 0.493 e. The Labute approximate surface area is 178 Å². The molecule has 0 unspecified atom stereocenters. The predicted molar refractivity (Wildman–Crippen MR) is 116 cm³/mol. The van der Waals surface area contributed by atoms with Crippen LogP contribution < -0.4 is 14.8 Å². The molecule has 0 fully saturated rings. The summed E-state index contributed by atoms with van der Waals surface area (Å²) >= 11 is 0. The van der Waals surface area contributed by atoms with Crippen molar-refractivity contribution in [1.29, 1.82) is 0 Å². The first-order valence-corrected chi connectivity index (χ1v) is 10.1. The topological polar surface area (TPSA) is 67.9 Å². The number of carbonyl (C=O) groups excluding carboxylic acids is 2. The Hall–Kier alpha value is -3.02. The van der Waals surface area contributed by atoms with Crippen molar-refractivity contribution in [3.8, 4) is 11.5 Å². The molecule has 0 saturated carbocycles. The summed E-state index contributed by atoms with van der Waals surface area (Å²) in [5.41, 5.74) is 2.30. The fourth-order valence-electron chi connectivity index (χ4n) is 3.71. The van der Waals surface area contributed by atoms with E-state index in [9.17, 15) is 9.59 Å². The molecule has 6 heteroatoms. The molecule has 2 amide bonds. The lowest BCUT2D eigenvalue weighted by molar-refractivity contribution is -0.136. The second-order valence-corrected chi connectivity index (χ2v) is 8.62. The molecule has 0 spiro atoms. The number of amides is 2. The highest BCUT2D eigenvalue weighted by Gasteiger charge is 2.37. The standard InChI is InChI=1S/C24H30N2O4/c1-24(2,3)21(25-22(27)16-9-7-6-8-10-16)23(28)26-12-11-17-13-19(29-4)20(30-5)14-18(17)15-26/h6-10,13-14,21H,11-12,15H2,1-5H3,(H,25,27)/t21-/m0/s1. The third kappa shape index (κ3) is 4.58. The Morgan fingerprint density at radius 1 is 1.00 bits per heavy atom. The van der Waals surface area contributed by atoms with Gasteiger partial charge in [-0.05, 0) is 47.2 Å². The Bertz CT molecular complexity index is 919. The van der Waals surface area contributed by atoms with Gasteiger partial charge in [0.1, 0.15) is 6.04 Å². The molecular formula is C24H30N2O4. The van der Waals surface area contributed by atoms with Crippen molar-refractivity contribution in [2.75, 3.05) is 20.8 Å². The Morgan fingerprint density at radius 2 is 1.60 bits per heavy atom. The van der Waals surface area contributed by atoms with Gasteiger partial charge in [0.05, 0.1) is 14.2 Å². The van der Waals surface area contributed by atoms with E-state index in [1.807, 2.05) is 56.0 Å². The number of rotatable bonds is 5. The maximum atomic E-state index is 13.5. The van der Waals surface area contributed by atoms with Crippen LogP contribution in [-0.4, -0.2) is 43.5 Å². The van der Waals surface area contributed by atoms with Crippen molar-refractivity contribution in [3.05, 3.63) is 59.2 Å². The van der Waals surface area contributed by atoms with Crippen molar-refractivity contribution in [1.82, 2.24) is 10.2 Å². The van der Waals surface area contributed by atoms with Crippen molar-refractivity contribution in [3.63, 3.8) is 0 Å². The summed E-state index contributed by atoms with van der Waals surface area (Å²) < 4.78 is 10.8. The molecule has 1 aliphatic heterocycles. The van der Waals surface area contributed by atoms with Crippen LogP contribution in [0.25, 0.3) is 0 Å². The highest BCUT2D eigenvalue weighted by molar-refractivity contribution is 5.97. The van der Waals surface area contributed by atoms with Gasteiger partial charge in [0.25, 0.3) is 5.91 Å². The first-order valence-electron chi connectivity index (χ1n) is 10.1. The van der Waals surface area contributed by atoms with Crippen LogP contribution in [0.2, 0.25) is 0 Å². The molecule has 0 aliphatic carbocycles. The van der Waals surface area contributed by atoms with Crippen LogP contribution in [0, 0.1) is 5.41 Å². The van der Waals surface area contributed by atoms with E-state index in [4.69, 9.17) is 9.47 Å². The summed E-state index contributed by atoms with van der Waals surface area (Å²) in [4.78, 5) is 28.0. The van der Waals surface area contributed by atoms with E-state index in [0.717, 1.165) is 17.5 Å². The Morgan fingerprint density at radius 3 is 2.17 bits per heavy atom. The molecule has 0 radical (unpaired) electrons. The van der Waals surface area contributed by atoms with Crippen molar-refractivity contribution in [2.45, 2.75) is 39.8 Å². The lowest BCUT2D eigenvalue weighted by atomic mass is 9.85. The lowest BCUT2D eigenvalue weighted by Gasteiger charge is -2.37. The second kappa shape index (κ2) is 8.78. The van der Waals surface area contributed by atoms with Gasteiger partial charge in [0.2, 0.25) is 5.91 Å². The first-order chi connectivity index (χ1) is 14.2. The van der Waals surface area contributed by atoms with Crippen LogP contribution in [0.15, 0.2) is 42.5 Å². The van der Waals surface area contributed by atoms with Gasteiger partial charge in [0, 0.05) is 18.7 Å². The number of hydrogen-bond donors (Lipinski definition) is 1. The fourth-order valence-corrected chi connectivity index (χ4v) is 3.71. The second-order valence-electron chi connectivity index (χ2n) is 8.62. The summed E-state index contributed by atoms with van der Waals surface area (Å²) in [6.07, 6.45) is 0.727. The third-order valence-corrected chi connectivity index (χ3v) is 5.45. The Kier molecular flexibility index (Phi) is 6.34. The van der Waals surface area contributed by atoms with E-state index in [2.05, 4.69) is 5.32 Å². The molecule has 6 nitrogen and oxygen atoms in total. The van der Waals surface area contributed by atoms with Gasteiger partial charge in [-0.3, -0.25) is 9.59 Å². The summed E-state index contributed by atoms with van der Waals surface area (Å²) in [6.45, 7) is 6.96. The van der Waals surface area contributed by atoms with Gasteiger partial charge >= 0.3 is 0 Å². The van der Waals surface area contributed by atoms with E-state index in [0.29, 0.717) is 30.2 Å². The highest BCUT2D eigenvalue weighted by Crippen LogP contribution is 2.34. The fraction of sp³-hybridized carbons (Fsp3) is 0.417. The van der Waals surface area contributed by atoms with Gasteiger partial charge in [-0.2, -0.15) is 0 Å². The number of nitrogens with one attached hydrogen (secondary N) is 1. The Balaban J connectivity index is 1.81. The van der Waals surface area contributed by atoms with E-state index in [1.54, 1.807) is 26.4 Å². The normalized spacial score (nSPS) is 14.5. The minimum absolute atomic E-state index is 0.0767. The number of fused-ring (bicyclic) bond motifs is 1. The molecular weight excluding hydrogens is 380 g/mol. The summed E-state index contributed by atoms with van der Waals surface area (Å²) in [5.74, 6) is 1.02. The van der Waals surface area contributed by atoms with Gasteiger partial charge in [-0.25, -0.2) is 0 Å². The number of hydrogen-bond acceptors (Lipinski definition) is 4. The summed E-state index contributed by atoms with van der Waals surface area (Å²) in [6, 6.07) is 12.3. The molecule has 30 heavy (non-hydrogen) atoms. The van der Waals surface area contributed by atoms with Crippen LogP contribution in [-0.2, 0) is 17.8 Å². The van der Waals surface area contributed by atoms with Gasteiger partial charge in [-0.15, -0.1) is 0 Å². The van der Waals surface area contributed by atoms with Crippen LogP contribution in [0.3, 0.4) is 0 Å². The van der Waals surface area contributed by atoms with Crippen LogP contribution in [0.4, 0.5) is 0 Å². The molecule has 1 aliphatic rings. The van der Waals surface area contributed by atoms with E-state index >= 15 is 0 Å². The maximum absolute atomic E-state index is 13.5. The van der Waals surface area contributed by atoms with E-state index in [1.165, 1.54) is 0 Å². The van der Waals surface area contributed by atoms with Gasteiger partial charge < -0.3 is 19.7 Å². The van der Waals surface area contributed by atoms with E-state index < -0.39 is 11.5 Å². The van der Waals surface area contributed by atoms with Crippen LogP contribution in [0.5, 0.6) is 11.5 Å². The van der Waals surface area contributed by atoms with Crippen LogP contribution >= 0.6 is 0 Å². The van der Waals surface area contributed by atoms with Crippen molar-refractivity contribution >= 4 is 11.8 Å². The molecule has 160 valence electrons. The molecule has 0 aromatic heterocycles. The average Bonchev–Trinajstić information content (AvgIpc) is 2.75. The molecule has 1 heterocycles. The maximum Gasteiger partial charge on any atom is 0.251 e. The van der Waals surface area contributed by atoms with Crippen LogP contribution in [0.1, 0.15) is 42.3 Å². The minimum atomic E-state index is -0.632. The zero-order valence-electron chi connectivity index (χ0n) is 18.3. The molecule has 1 N–H and O–H groups in total. The summed E-state index contributed by atoms with van der Waals surface area (Å²) in [5, 5.41) is 2.96. The minimum Gasteiger partial charge on any atom is -0.493 e. The molecule has 2 aromatic rings. The lowest BCUT2D eigenvalue weighted by Crippen LogP contribution is -2.55. The zero-order chi connectivity index (χ0) is 21.9. The van der Waals surface area contributed by atoms with Gasteiger partial charge in [-0.1, -0.05) is 39.0 Å². The number of benzene rings is 2. The number of methoxy groups -OCH3 is 2. The molecule has 0 bridgehead atoms. The average molecular weight is 411 g/mol. The zero-order valence-corrected chi connectivity index (χ0v) is 18.3. The smallest absolute Gasteiger partial charge is 0.251 e. The van der Waals surface area contributed by atoms with E-state index in [-0.39, 0.29) is 11.8 Å². The summed E-state index contributed by atoms with van der Waals surface area (Å²) in [7, 11) is 3.22. The quantitative estimate of drug-likeness (QED) is 0.820. The number of nitrogens with zero attached hydrogens (tertiary/aromatic N) is 1. The van der Waals surface area contributed by atoms with Crippen molar-refractivity contribution in [2.24, 2.45) is 5.41 Å². The SMILES string of the molecule is COc1cc2c(cc1OC)CN(C(=O)[C@H](NC(=O)c1ccccc1)C(C)(C)C)CC2. The van der Waals surface area contributed by atoms with Crippen molar-refractivity contribution < 1.29 is 19.1 Å². The number of ether oxygens (including phenoxy) is 2. The molecule has 3 rings (SSSR count). The molecule has 2 aromatic carbocycles. The predicted octanol–water partition coefficient (Wildman–Crippen LogP) is 3.43. The van der Waals surface area contributed by atoms with Gasteiger partial charge in [0.15, 0.2) is 11.5 Å². The number of carbonyl (C=O) groups is 2. The molecule has 1 atom stereocenters. The highest BCUT2D eigenvalue weighted by atomic mass is 16.5. The monoisotopic (exact) mass is 410 g/mol. The molecule has 0 saturated heterocycles. The first kappa shape index (κ1) is 21.7.